The summed E-state index contributed by atoms with van der Waals surface area (Å²) in [7, 11) is 0. The van der Waals surface area contributed by atoms with Crippen LogP contribution in [0.2, 0.25) is 0 Å². The van der Waals surface area contributed by atoms with E-state index in [9.17, 15) is 4.79 Å². The molecule has 0 radical (unpaired) electrons. The zero-order valence-electron chi connectivity index (χ0n) is 12.8. The summed E-state index contributed by atoms with van der Waals surface area (Å²) >= 11 is 3.40. The van der Waals surface area contributed by atoms with Crippen molar-refractivity contribution in [1.82, 2.24) is 0 Å². The van der Waals surface area contributed by atoms with Crippen LogP contribution in [0.1, 0.15) is 24.2 Å². The van der Waals surface area contributed by atoms with Crippen molar-refractivity contribution in [1.29, 1.82) is 0 Å². The molecule has 2 aromatic rings. The molecule has 0 heterocycles. The van der Waals surface area contributed by atoms with Gasteiger partial charge < -0.3 is 16.0 Å². The van der Waals surface area contributed by atoms with Crippen molar-refractivity contribution >= 4 is 38.9 Å². The lowest BCUT2D eigenvalue weighted by Crippen LogP contribution is -2.24. The van der Waals surface area contributed by atoms with Gasteiger partial charge in [-0.2, -0.15) is 0 Å². The van der Waals surface area contributed by atoms with Crippen LogP contribution in [0.25, 0.3) is 0 Å². The van der Waals surface area contributed by atoms with Crippen molar-refractivity contribution in [3.63, 3.8) is 0 Å². The zero-order valence-corrected chi connectivity index (χ0v) is 14.4. The van der Waals surface area contributed by atoms with Crippen molar-refractivity contribution in [2.45, 2.75) is 13.8 Å². The minimum absolute atomic E-state index is 0.161. The van der Waals surface area contributed by atoms with Gasteiger partial charge in [0.1, 0.15) is 0 Å². The van der Waals surface area contributed by atoms with E-state index in [0.717, 1.165) is 28.9 Å². The first-order valence-corrected chi connectivity index (χ1v) is 8.06. The first kappa shape index (κ1) is 16.4. The molecule has 4 nitrogen and oxygen atoms in total. The normalized spacial score (nSPS) is 10.3. The summed E-state index contributed by atoms with van der Waals surface area (Å²) in [4.78, 5) is 14.7. The predicted octanol–water partition coefficient (Wildman–Crippen LogP) is 4.13. The molecule has 116 valence electrons. The fourth-order valence-corrected chi connectivity index (χ4v) is 2.79. The lowest BCUT2D eigenvalue weighted by atomic mass is 10.1. The average molecular weight is 362 g/mol. The summed E-state index contributed by atoms with van der Waals surface area (Å²) in [6.07, 6.45) is 0. The molecule has 22 heavy (non-hydrogen) atoms. The van der Waals surface area contributed by atoms with E-state index in [1.807, 2.05) is 30.3 Å². The van der Waals surface area contributed by atoms with Crippen molar-refractivity contribution in [2.75, 3.05) is 29.0 Å². The molecule has 3 N–H and O–H groups in total. The van der Waals surface area contributed by atoms with E-state index in [1.54, 1.807) is 12.1 Å². The predicted molar refractivity (Wildman–Crippen MR) is 96.5 cm³/mol. The molecule has 5 heteroatoms. The van der Waals surface area contributed by atoms with E-state index in [1.165, 1.54) is 0 Å². The Hall–Kier alpha value is -2.01. The lowest BCUT2D eigenvalue weighted by molar-refractivity contribution is 0.102. The van der Waals surface area contributed by atoms with E-state index in [-0.39, 0.29) is 5.91 Å². The molecule has 0 bridgehead atoms. The van der Waals surface area contributed by atoms with Crippen molar-refractivity contribution in [2.24, 2.45) is 0 Å². The third kappa shape index (κ3) is 3.60. The molecule has 1 amide bonds. The number of amides is 1. The third-order valence-electron chi connectivity index (χ3n) is 3.49. The standard InChI is InChI=1S/C17H20BrN3O/c1-3-21(4-2)16-10-9-12(19)11-15(16)20-17(22)13-7-5-6-8-14(13)18/h5-11H,3-4,19H2,1-2H3,(H,20,22). The molecule has 2 aromatic carbocycles. The van der Waals surface area contributed by atoms with E-state index in [0.29, 0.717) is 11.3 Å². The Balaban J connectivity index is 2.34. The van der Waals surface area contributed by atoms with Crippen molar-refractivity contribution < 1.29 is 4.79 Å². The van der Waals surface area contributed by atoms with Crippen LogP contribution >= 0.6 is 15.9 Å². The van der Waals surface area contributed by atoms with Crippen molar-refractivity contribution in [3.8, 4) is 0 Å². The van der Waals surface area contributed by atoms with Crippen LogP contribution < -0.4 is 16.0 Å². The molecule has 0 fully saturated rings. The van der Waals surface area contributed by atoms with Gasteiger partial charge in [0.15, 0.2) is 0 Å². The molecule has 0 saturated carbocycles. The summed E-state index contributed by atoms with van der Waals surface area (Å²) < 4.78 is 0.765. The lowest BCUT2D eigenvalue weighted by Gasteiger charge is -2.24. The van der Waals surface area contributed by atoms with E-state index < -0.39 is 0 Å². The molecule has 0 aliphatic carbocycles. The smallest absolute Gasteiger partial charge is 0.256 e. The maximum Gasteiger partial charge on any atom is 0.256 e. The number of anilines is 3. The van der Waals surface area contributed by atoms with Crippen LogP contribution in [-0.2, 0) is 0 Å². The average Bonchev–Trinajstić information content (AvgIpc) is 2.50. The summed E-state index contributed by atoms with van der Waals surface area (Å²) in [5.41, 5.74) is 8.79. The van der Waals surface area contributed by atoms with Crippen LogP contribution in [-0.4, -0.2) is 19.0 Å². The van der Waals surface area contributed by atoms with Gasteiger partial charge in [-0.15, -0.1) is 0 Å². The Labute approximate surface area is 139 Å². The maximum atomic E-state index is 12.5. The molecule has 0 unspecified atom stereocenters. The third-order valence-corrected chi connectivity index (χ3v) is 4.18. The van der Waals surface area contributed by atoms with Gasteiger partial charge in [0.05, 0.1) is 16.9 Å². The number of halogens is 1. The van der Waals surface area contributed by atoms with Gasteiger partial charge >= 0.3 is 0 Å². The highest BCUT2D eigenvalue weighted by Gasteiger charge is 2.14. The topological polar surface area (TPSA) is 58.4 Å². The quantitative estimate of drug-likeness (QED) is 0.787. The minimum atomic E-state index is -0.161. The van der Waals surface area contributed by atoms with Crippen LogP contribution in [0.15, 0.2) is 46.9 Å². The molecule has 0 aliphatic rings. The molecule has 0 atom stereocenters. The molecular formula is C17H20BrN3O. The first-order valence-electron chi connectivity index (χ1n) is 7.27. The Bertz CT molecular complexity index is 669. The van der Waals surface area contributed by atoms with Crippen molar-refractivity contribution in [3.05, 3.63) is 52.5 Å². The molecular weight excluding hydrogens is 342 g/mol. The molecule has 0 saturated heterocycles. The number of benzene rings is 2. The van der Waals surface area contributed by atoms with Crippen LogP contribution in [0.4, 0.5) is 17.1 Å². The highest BCUT2D eigenvalue weighted by molar-refractivity contribution is 9.10. The van der Waals surface area contributed by atoms with Gasteiger partial charge in [0.2, 0.25) is 0 Å². The minimum Gasteiger partial charge on any atom is -0.399 e. The summed E-state index contributed by atoms with van der Waals surface area (Å²) in [5.74, 6) is -0.161. The number of rotatable bonds is 5. The number of hydrogen-bond acceptors (Lipinski definition) is 3. The number of carbonyl (C=O) groups excluding carboxylic acids is 1. The summed E-state index contributed by atoms with van der Waals surface area (Å²) in [5, 5.41) is 2.97. The van der Waals surface area contributed by atoms with Gasteiger partial charge in [0, 0.05) is 23.2 Å². The number of nitrogens with one attached hydrogen (secondary N) is 1. The first-order chi connectivity index (χ1) is 10.6. The molecule has 0 aromatic heterocycles. The monoisotopic (exact) mass is 361 g/mol. The van der Waals surface area contributed by atoms with E-state index >= 15 is 0 Å². The van der Waals surface area contributed by atoms with Gasteiger partial charge in [-0.25, -0.2) is 0 Å². The van der Waals surface area contributed by atoms with Gasteiger partial charge in [-0.3, -0.25) is 4.79 Å². The van der Waals surface area contributed by atoms with E-state index in [4.69, 9.17) is 5.73 Å². The Morgan fingerprint density at radius 1 is 1.18 bits per heavy atom. The second-order valence-electron chi connectivity index (χ2n) is 4.88. The Morgan fingerprint density at radius 2 is 1.86 bits per heavy atom. The van der Waals surface area contributed by atoms with E-state index in [2.05, 4.69) is 40.0 Å². The summed E-state index contributed by atoms with van der Waals surface area (Å²) in [6.45, 7) is 5.88. The number of nitrogen functional groups attached to an aromatic ring is 1. The molecule has 2 rings (SSSR count). The fraction of sp³-hybridized carbons (Fsp3) is 0.235. The van der Waals surface area contributed by atoms with Crippen LogP contribution in [0.5, 0.6) is 0 Å². The van der Waals surface area contributed by atoms with Crippen LogP contribution in [0, 0.1) is 0 Å². The van der Waals surface area contributed by atoms with Gasteiger partial charge in [-0.05, 0) is 60.1 Å². The van der Waals surface area contributed by atoms with Crippen LogP contribution in [0.3, 0.4) is 0 Å². The Morgan fingerprint density at radius 3 is 2.50 bits per heavy atom. The number of hydrogen-bond donors (Lipinski definition) is 2. The second-order valence-corrected chi connectivity index (χ2v) is 5.74. The molecule has 0 spiro atoms. The number of nitrogens with two attached hydrogens (primary N) is 1. The second kappa shape index (κ2) is 7.31. The van der Waals surface area contributed by atoms with Gasteiger partial charge in [0.25, 0.3) is 5.91 Å². The highest BCUT2D eigenvalue weighted by atomic mass is 79.9. The number of carbonyl (C=O) groups is 1. The highest BCUT2D eigenvalue weighted by Crippen LogP contribution is 2.29. The number of nitrogens with zero attached hydrogens (tertiary/aromatic N) is 1. The zero-order chi connectivity index (χ0) is 16.1. The summed E-state index contributed by atoms with van der Waals surface area (Å²) in [6, 6.07) is 12.9. The largest absolute Gasteiger partial charge is 0.399 e. The fourth-order valence-electron chi connectivity index (χ4n) is 2.33. The Kier molecular flexibility index (Phi) is 5.44. The van der Waals surface area contributed by atoms with Gasteiger partial charge in [-0.1, -0.05) is 12.1 Å². The molecule has 0 aliphatic heterocycles. The maximum absolute atomic E-state index is 12.5. The SMILES string of the molecule is CCN(CC)c1ccc(N)cc1NC(=O)c1ccccc1Br.